The molecule has 2 aromatic heterocycles. The number of H-pyrrole nitrogens is 1. The third-order valence-corrected chi connectivity index (χ3v) is 11.7. The Morgan fingerprint density at radius 3 is 2.44 bits per heavy atom. The van der Waals surface area contributed by atoms with Crippen LogP contribution in [-0.4, -0.2) is 92.4 Å². The number of aromatic amines is 1. The monoisotopic (exact) mass is 910 g/mol. The van der Waals surface area contributed by atoms with Crippen molar-refractivity contribution in [2.45, 2.75) is 51.2 Å². The average Bonchev–Trinajstić information content (AvgIpc) is 3.92. The van der Waals surface area contributed by atoms with Crippen LogP contribution >= 0.6 is 11.6 Å². The molecule has 66 heavy (non-hydrogen) atoms. The predicted octanol–water partition coefficient (Wildman–Crippen LogP) is 6.79. The van der Waals surface area contributed by atoms with E-state index in [9.17, 15) is 24.0 Å². The molecule has 2 fully saturated rings. The molecule has 6 aromatic rings. The van der Waals surface area contributed by atoms with Crippen LogP contribution in [0.4, 0.5) is 16.3 Å². The second-order valence-electron chi connectivity index (χ2n) is 15.9. The van der Waals surface area contributed by atoms with Gasteiger partial charge >= 0.3 is 6.03 Å². The van der Waals surface area contributed by atoms with E-state index >= 15 is 0 Å². The van der Waals surface area contributed by atoms with Gasteiger partial charge in [0.15, 0.2) is 5.65 Å². The van der Waals surface area contributed by atoms with Crippen LogP contribution in [0.5, 0.6) is 17.2 Å². The van der Waals surface area contributed by atoms with Crippen LogP contribution in [-0.2, 0) is 27.5 Å². The number of amides is 6. The van der Waals surface area contributed by atoms with E-state index in [-0.39, 0.29) is 55.8 Å². The van der Waals surface area contributed by atoms with Crippen LogP contribution < -0.4 is 30.7 Å². The number of carbonyl (C=O) groups excluding carboxylic acids is 5. The Labute approximate surface area is 384 Å². The molecule has 3 aliphatic rings. The molecule has 6 amide bonds. The van der Waals surface area contributed by atoms with Gasteiger partial charge in [0.25, 0.3) is 11.8 Å². The molecular weight excluding hydrogens is 864 g/mol. The van der Waals surface area contributed by atoms with Crippen molar-refractivity contribution in [2.75, 3.05) is 37.4 Å². The smallest absolute Gasteiger partial charge is 0.322 e. The molecule has 18 heteroatoms. The fraction of sp³-hybridized carbons (Fsp3) is 0.250. The first-order chi connectivity index (χ1) is 31.9. The lowest BCUT2D eigenvalue weighted by Gasteiger charge is -2.30. The number of methoxy groups -OCH3 is 1. The number of nitrogens with one attached hydrogen (secondary N) is 3. The Morgan fingerprint density at radius 2 is 1.70 bits per heavy atom. The SMILES string of the molecule is C=C(CN(C(=O)NCc1ccc2c(c1)CN(C1CCC(=O)NC1=O)C2=O)c1cc(Cl)cc(OC)c1)C(=O)N1CCCCC1.Nc1ncnc2n[nH]c(-c3ccc(Oc4ccccc4)cc3)c12. The Hall–Kier alpha value is -7.79. The summed E-state index contributed by atoms with van der Waals surface area (Å²) in [6, 6.07) is 26.3. The van der Waals surface area contributed by atoms with Crippen LogP contribution in [0.3, 0.4) is 0 Å². The maximum atomic E-state index is 13.6. The summed E-state index contributed by atoms with van der Waals surface area (Å²) in [5.74, 6) is 1.16. The molecule has 0 bridgehead atoms. The molecule has 0 spiro atoms. The number of piperidine rings is 2. The van der Waals surface area contributed by atoms with Crippen molar-refractivity contribution in [3.63, 3.8) is 0 Å². The fourth-order valence-electron chi connectivity index (χ4n) is 8.09. The number of halogens is 1. The number of nitrogens with zero attached hydrogens (tertiary/aromatic N) is 6. The van der Waals surface area contributed by atoms with E-state index in [1.807, 2.05) is 60.7 Å². The summed E-state index contributed by atoms with van der Waals surface area (Å²) in [5.41, 5.74) is 10.9. The highest BCUT2D eigenvalue weighted by atomic mass is 35.5. The van der Waals surface area contributed by atoms with Gasteiger partial charge in [-0.25, -0.2) is 14.8 Å². The number of nitrogens with two attached hydrogens (primary N) is 1. The van der Waals surface area contributed by atoms with Gasteiger partial charge in [-0.15, -0.1) is 0 Å². The number of hydrogen-bond acceptors (Lipinski definition) is 11. The molecule has 338 valence electrons. The van der Waals surface area contributed by atoms with Gasteiger partial charge in [0.1, 0.15) is 35.4 Å². The van der Waals surface area contributed by atoms with E-state index in [0.29, 0.717) is 46.6 Å². The van der Waals surface area contributed by atoms with Crippen LogP contribution in [0.1, 0.15) is 53.6 Å². The molecule has 4 aromatic carbocycles. The summed E-state index contributed by atoms with van der Waals surface area (Å²) in [7, 11) is 1.50. The number of hydrogen-bond donors (Lipinski definition) is 4. The third-order valence-electron chi connectivity index (χ3n) is 11.5. The summed E-state index contributed by atoms with van der Waals surface area (Å²) >= 11 is 6.31. The van der Waals surface area contributed by atoms with Crippen LogP contribution in [0, 0.1) is 0 Å². The number of carbonyl (C=O) groups is 5. The zero-order chi connectivity index (χ0) is 46.3. The Kier molecular flexibility index (Phi) is 13.5. The highest BCUT2D eigenvalue weighted by Gasteiger charge is 2.39. The van der Waals surface area contributed by atoms with Gasteiger partial charge in [0.05, 0.1) is 30.4 Å². The van der Waals surface area contributed by atoms with E-state index in [1.54, 1.807) is 35.2 Å². The zero-order valence-corrected chi connectivity index (χ0v) is 36.8. The number of fused-ring (bicyclic) bond motifs is 2. The summed E-state index contributed by atoms with van der Waals surface area (Å²) < 4.78 is 11.1. The Bertz CT molecular complexity index is 2810. The number of likely N-dealkylation sites (tertiary alicyclic amines) is 1. The molecule has 0 aliphatic carbocycles. The second kappa shape index (κ2) is 19.9. The second-order valence-corrected chi connectivity index (χ2v) is 16.4. The lowest BCUT2D eigenvalue weighted by molar-refractivity contribution is -0.137. The van der Waals surface area contributed by atoms with Gasteiger partial charge < -0.3 is 30.3 Å². The van der Waals surface area contributed by atoms with Crippen molar-refractivity contribution >= 4 is 63.8 Å². The van der Waals surface area contributed by atoms with Crippen LogP contribution in [0.25, 0.3) is 22.3 Å². The topological polar surface area (TPSA) is 218 Å². The summed E-state index contributed by atoms with van der Waals surface area (Å²) in [6.45, 7) is 5.65. The number of imide groups is 1. The Balaban J connectivity index is 0.000000215. The highest BCUT2D eigenvalue weighted by Crippen LogP contribution is 2.32. The van der Waals surface area contributed by atoms with Crippen LogP contribution in [0.2, 0.25) is 5.02 Å². The Morgan fingerprint density at radius 1 is 0.939 bits per heavy atom. The van der Waals surface area contributed by atoms with Gasteiger partial charge in [-0.05, 0) is 91.4 Å². The van der Waals surface area contributed by atoms with Crippen molar-refractivity contribution in [3.05, 3.63) is 131 Å². The van der Waals surface area contributed by atoms with Crippen molar-refractivity contribution in [3.8, 4) is 28.5 Å². The van der Waals surface area contributed by atoms with Crippen LogP contribution in [0.15, 0.2) is 109 Å². The molecule has 5 heterocycles. The quantitative estimate of drug-likeness (QED) is 0.0784. The maximum Gasteiger partial charge on any atom is 0.322 e. The predicted molar refractivity (Wildman–Crippen MR) is 248 cm³/mol. The molecule has 0 radical (unpaired) electrons. The van der Waals surface area contributed by atoms with E-state index in [2.05, 4.69) is 37.4 Å². The molecule has 3 aliphatic heterocycles. The lowest BCUT2D eigenvalue weighted by Crippen LogP contribution is -2.52. The first-order valence-corrected chi connectivity index (χ1v) is 21.7. The number of urea groups is 1. The molecule has 1 atom stereocenters. The number of nitrogen functional groups attached to an aromatic ring is 1. The number of rotatable bonds is 11. The molecule has 1 unspecified atom stereocenters. The minimum Gasteiger partial charge on any atom is -0.497 e. The number of ether oxygens (including phenoxy) is 2. The summed E-state index contributed by atoms with van der Waals surface area (Å²) in [5, 5.41) is 13.4. The minimum absolute atomic E-state index is 0.0513. The van der Waals surface area contributed by atoms with Gasteiger partial charge in [-0.1, -0.05) is 48.5 Å². The number of anilines is 2. The van der Waals surface area contributed by atoms with Crippen molar-refractivity contribution in [1.29, 1.82) is 0 Å². The third kappa shape index (κ3) is 10.1. The minimum atomic E-state index is -0.704. The molecule has 2 saturated heterocycles. The molecule has 17 nitrogen and oxygen atoms in total. The van der Waals surface area contributed by atoms with Gasteiger partial charge in [0.2, 0.25) is 11.8 Å². The lowest BCUT2D eigenvalue weighted by atomic mass is 10.0. The zero-order valence-electron chi connectivity index (χ0n) is 36.1. The summed E-state index contributed by atoms with van der Waals surface area (Å²) in [4.78, 5) is 76.4. The first-order valence-electron chi connectivity index (χ1n) is 21.4. The van der Waals surface area contributed by atoms with E-state index in [4.69, 9.17) is 26.8 Å². The van der Waals surface area contributed by atoms with Gasteiger partial charge in [-0.3, -0.25) is 34.5 Å². The average molecular weight is 911 g/mol. The first kappa shape index (κ1) is 44.8. The van der Waals surface area contributed by atoms with E-state index in [1.165, 1.54) is 23.2 Å². The fourth-order valence-corrected chi connectivity index (χ4v) is 8.31. The van der Waals surface area contributed by atoms with E-state index in [0.717, 1.165) is 58.5 Å². The maximum absolute atomic E-state index is 13.6. The number of benzene rings is 4. The van der Waals surface area contributed by atoms with Crippen molar-refractivity contribution < 1.29 is 33.4 Å². The van der Waals surface area contributed by atoms with Gasteiger partial charge in [0, 0.05) is 60.4 Å². The largest absolute Gasteiger partial charge is 0.497 e. The molecular formula is C48H47ClN10O7. The van der Waals surface area contributed by atoms with E-state index < -0.39 is 18.0 Å². The normalized spacial score (nSPS) is 15.6. The molecule has 5 N–H and O–H groups in total. The van der Waals surface area contributed by atoms with Crippen molar-refractivity contribution in [2.24, 2.45) is 0 Å². The highest BCUT2D eigenvalue weighted by molar-refractivity contribution is 6.31. The molecule has 9 rings (SSSR count). The number of para-hydroxylation sites is 1. The standard InChI is InChI=1S/C31H34ClN5O6.C17H13N5O/c1-19(29(40)35-10-4-3-5-11-35)17-36(23-13-22(32)14-24(15-23)43-2)31(42)33-16-20-6-7-25-21(12-20)18-37(30(25)41)26-8-9-27(38)34-28(26)39;18-16-14-15(21-22-17(14)20-10-19-16)11-6-8-13(9-7-11)23-12-4-2-1-3-5-12/h6-7,12-15,26H,1,3-5,8-11,16-18H2,2H3,(H,33,42)(H,34,38,39);1-10H,(H3,18,19,20,21,22). The van der Waals surface area contributed by atoms with Gasteiger partial charge in [-0.2, -0.15) is 5.10 Å². The number of aromatic nitrogens is 4. The summed E-state index contributed by atoms with van der Waals surface area (Å²) in [6.07, 6.45) is 4.82. The van der Waals surface area contributed by atoms with Crippen molar-refractivity contribution in [1.82, 2.24) is 40.6 Å². The molecule has 0 saturated carbocycles.